The van der Waals surface area contributed by atoms with Gasteiger partial charge in [-0.25, -0.2) is 4.98 Å². The maximum atomic E-state index is 12.9. The van der Waals surface area contributed by atoms with Crippen LogP contribution in [0.25, 0.3) is 10.9 Å². The maximum absolute atomic E-state index is 12.9. The lowest BCUT2D eigenvalue weighted by atomic mass is 10.0. The average Bonchev–Trinajstić information content (AvgIpc) is 2.72. The first kappa shape index (κ1) is 21.8. The Kier molecular flexibility index (Phi) is 7.05. The number of amides is 1. The van der Waals surface area contributed by atoms with Crippen molar-refractivity contribution in [2.24, 2.45) is 0 Å². The van der Waals surface area contributed by atoms with E-state index in [0.717, 1.165) is 5.56 Å². The number of hydrogen-bond acceptors (Lipinski definition) is 5. The molecule has 1 N–H and O–H groups in total. The number of carbonyl (C=O) groups excluding carboxylic acids is 2. The number of nitrogens with zero attached hydrogens (tertiary/aromatic N) is 2. The first-order chi connectivity index (χ1) is 14.4. The zero-order valence-electron chi connectivity index (χ0n) is 17.3. The van der Waals surface area contributed by atoms with Crippen molar-refractivity contribution >= 4 is 34.4 Å². The van der Waals surface area contributed by atoms with Gasteiger partial charge in [0.05, 0.1) is 22.7 Å². The molecule has 6 nitrogen and oxygen atoms in total. The summed E-state index contributed by atoms with van der Waals surface area (Å²) in [5, 5.41) is 3.86. The molecule has 30 heavy (non-hydrogen) atoms. The summed E-state index contributed by atoms with van der Waals surface area (Å²) in [5.74, 6) is -0.301. The summed E-state index contributed by atoms with van der Waals surface area (Å²) in [4.78, 5) is 42.0. The van der Waals surface area contributed by atoms with Crippen LogP contribution in [0.4, 0.5) is 0 Å². The Morgan fingerprint density at radius 3 is 2.40 bits per heavy atom. The summed E-state index contributed by atoms with van der Waals surface area (Å²) < 4.78 is 1.60. The van der Waals surface area contributed by atoms with Crippen LogP contribution in [0.3, 0.4) is 0 Å². The number of carbonyl (C=O) groups is 2. The molecule has 0 spiro atoms. The highest BCUT2D eigenvalue weighted by Gasteiger charge is 2.19. The first-order valence-electron chi connectivity index (χ1n) is 9.84. The fraction of sp³-hybridized carbons (Fsp3) is 0.304. The minimum Gasteiger partial charge on any atom is -0.345 e. The fourth-order valence-corrected chi connectivity index (χ4v) is 4.13. The normalized spacial score (nSPS) is 12.1. The van der Waals surface area contributed by atoms with Gasteiger partial charge in [0.2, 0.25) is 5.91 Å². The molecule has 0 aliphatic heterocycles. The predicted octanol–water partition coefficient (Wildman–Crippen LogP) is 3.39. The highest BCUT2D eigenvalue weighted by molar-refractivity contribution is 7.99. The average molecular weight is 424 g/mol. The largest absolute Gasteiger partial charge is 0.345 e. The van der Waals surface area contributed by atoms with Crippen molar-refractivity contribution in [3.05, 3.63) is 70.5 Å². The molecule has 7 heteroatoms. The number of para-hydroxylation sites is 1. The molecule has 156 valence electrons. The number of fused-ring (bicyclic) bond motifs is 1. The van der Waals surface area contributed by atoms with Gasteiger partial charge in [0.15, 0.2) is 10.9 Å². The Morgan fingerprint density at radius 1 is 1.07 bits per heavy atom. The van der Waals surface area contributed by atoms with Crippen molar-refractivity contribution in [2.45, 2.75) is 44.4 Å². The number of aromatic nitrogens is 2. The molecule has 1 heterocycles. The molecule has 2 aromatic carbocycles. The van der Waals surface area contributed by atoms with Gasteiger partial charge in [-0.2, -0.15) is 0 Å². The number of Topliss-reactive ketones (excluding diaryl/α,β-unsaturated/α-hetero) is 1. The summed E-state index contributed by atoms with van der Waals surface area (Å²) >= 11 is 1.20. The zero-order chi connectivity index (χ0) is 21.7. The Balaban J connectivity index is 1.75. The van der Waals surface area contributed by atoms with E-state index in [1.807, 2.05) is 56.3 Å². The van der Waals surface area contributed by atoms with E-state index in [4.69, 9.17) is 0 Å². The fourth-order valence-electron chi connectivity index (χ4n) is 3.20. The lowest BCUT2D eigenvalue weighted by molar-refractivity contribution is -0.125. The molecule has 0 radical (unpaired) electrons. The molecule has 0 saturated heterocycles. The number of thioether (sulfide) groups is 1. The maximum Gasteiger partial charge on any atom is 0.262 e. The second-order valence-electron chi connectivity index (χ2n) is 7.39. The van der Waals surface area contributed by atoms with Crippen molar-refractivity contribution in [3.63, 3.8) is 0 Å². The van der Waals surface area contributed by atoms with Gasteiger partial charge < -0.3 is 5.32 Å². The van der Waals surface area contributed by atoms with E-state index in [-0.39, 0.29) is 29.0 Å². The third-order valence-corrected chi connectivity index (χ3v) is 5.69. The molecule has 3 rings (SSSR count). The van der Waals surface area contributed by atoms with Crippen LogP contribution in [0, 0.1) is 0 Å². The summed E-state index contributed by atoms with van der Waals surface area (Å²) in [6, 6.07) is 16.1. The van der Waals surface area contributed by atoms with Crippen molar-refractivity contribution in [1.82, 2.24) is 14.9 Å². The van der Waals surface area contributed by atoms with Crippen LogP contribution in [0.5, 0.6) is 0 Å². The highest BCUT2D eigenvalue weighted by atomic mass is 32.2. The number of benzene rings is 2. The molecule has 1 aromatic heterocycles. The Hall–Kier alpha value is -2.93. The number of hydrogen-bond donors (Lipinski definition) is 1. The Labute approximate surface area is 179 Å². The van der Waals surface area contributed by atoms with Crippen LogP contribution < -0.4 is 10.9 Å². The lowest BCUT2D eigenvalue weighted by Gasteiger charge is -2.18. The number of nitrogens with one attached hydrogen (secondary N) is 1. The molecule has 3 aromatic rings. The predicted molar refractivity (Wildman–Crippen MR) is 120 cm³/mol. The van der Waals surface area contributed by atoms with E-state index in [1.54, 1.807) is 16.7 Å². The SMILES string of the molecule is CC(=O)[C@@H](Cc1ccccc1)NC(=O)CSc1nc2ccccc2c(=O)n1C(C)C. The van der Waals surface area contributed by atoms with Crippen LogP contribution in [0.1, 0.15) is 32.4 Å². The number of rotatable bonds is 8. The van der Waals surface area contributed by atoms with Gasteiger partial charge in [-0.1, -0.05) is 54.2 Å². The Bertz CT molecular complexity index is 1110. The monoisotopic (exact) mass is 423 g/mol. The van der Waals surface area contributed by atoms with Crippen LogP contribution in [0.2, 0.25) is 0 Å². The summed E-state index contributed by atoms with van der Waals surface area (Å²) in [6.07, 6.45) is 0.442. The van der Waals surface area contributed by atoms with Gasteiger partial charge in [-0.15, -0.1) is 0 Å². The van der Waals surface area contributed by atoms with Gasteiger partial charge in [-0.05, 0) is 44.9 Å². The minimum atomic E-state index is -0.586. The molecule has 0 aliphatic carbocycles. The van der Waals surface area contributed by atoms with Gasteiger partial charge >= 0.3 is 0 Å². The summed E-state index contributed by atoms with van der Waals surface area (Å²) in [5.41, 5.74) is 1.47. The van der Waals surface area contributed by atoms with Crippen LogP contribution in [-0.4, -0.2) is 33.0 Å². The summed E-state index contributed by atoms with van der Waals surface area (Å²) in [6.45, 7) is 5.30. The molecule has 1 atom stereocenters. The number of ketones is 1. The quantitative estimate of drug-likeness (QED) is 0.444. The van der Waals surface area contributed by atoms with Gasteiger partial charge in [0, 0.05) is 6.04 Å². The standard InChI is InChI=1S/C23H25N3O3S/c1-15(2)26-22(29)18-11-7-8-12-19(18)25-23(26)30-14-21(28)24-20(16(3)27)13-17-9-5-4-6-10-17/h4-12,15,20H,13-14H2,1-3H3,(H,24,28)/t20-/m1/s1. The zero-order valence-corrected chi connectivity index (χ0v) is 18.1. The van der Waals surface area contributed by atoms with E-state index in [2.05, 4.69) is 10.3 Å². The second kappa shape index (κ2) is 9.71. The third kappa shape index (κ3) is 5.16. The lowest BCUT2D eigenvalue weighted by Crippen LogP contribution is -2.42. The molecule has 0 aliphatic rings. The van der Waals surface area contributed by atoms with Gasteiger partial charge in [0.25, 0.3) is 5.56 Å². The summed E-state index contributed by atoms with van der Waals surface area (Å²) in [7, 11) is 0. The molecular formula is C23H25N3O3S. The van der Waals surface area contributed by atoms with Gasteiger partial charge in [-0.3, -0.25) is 19.0 Å². The van der Waals surface area contributed by atoms with Crippen LogP contribution >= 0.6 is 11.8 Å². The van der Waals surface area contributed by atoms with Crippen LogP contribution in [0.15, 0.2) is 64.5 Å². The van der Waals surface area contributed by atoms with E-state index in [0.29, 0.717) is 22.5 Å². The molecule has 1 amide bonds. The topological polar surface area (TPSA) is 81.1 Å². The Morgan fingerprint density at radius 2 is 1.73 bits per heavy atom. The van der Waals surface area contributed by atoms with Crippen molar-refractivity contribution in [2.75, 3.05) is 5.75 Å². The molecule has 0 unspecified atom stereocenters. The van der Waals surface area contributed by atoms with Crippen molar-refractivity contribution < 1.29 is 9.59 Å². The molecular weight excluding hydrogens is 398 g/mol. The van der Waals surface area contributed by atoms with Crippen molar-refractivity contribution in [1.29, 1.82) is 0 Å². The van der Waals surface area contributed by atoms with E-state index in [1.165, 1.54) is 18.7 Å². The molecule has 0 bridgehead atoms. The highest BCUT2D eigenvalue weighted by Crippen LogP contribution is 2.20. The van der Waals surface area contributed by atoms with E-state index < -0.39 is 6.04 Å². The minimum absolute atomic E-state index is 0.0655. The van der Waals surface area contributed by atoms with Crippen LogP contribution in [-0.2, 0) is 16.0 Å². The van der Waals surface area contributed by atoms with Crippen molar-refractivity contribution in [3.8, 4) is 0 Å². The first-order valence-corrected chi connectivity index (χ1v) is 10.8. The molecule has 0 fully saturated rings. The third-order valence-electron chi connectivity index (χ3n) is 4.73. The second-order valence-corrected chi connectivity index (χ2v) is 8.33. The van der Waals surface area contributed by atoms with E-state index >= 15 is 0 Å². The smallest absolute Gasteiger partial charge is 0.262 e. The van der Waals surface area contributed by atoms with E-state index in [9.17, 15) is 14.4 Å². The van der Waals surface area contributed by atoms with Gasteiger partial charge in [0.1, 0.15) is 0 Å². The molecule has 0 saturated carbocycles.